The average molecular weight is 310 g/mol. The van der Waals surface area contributed by atoms with E-state index in [9.17, 15) is 14.7 Å². The van der Waals surface area contributed by atoms with Crippen molar-refractivity contribution >= 4 is 23.7 Å². The predicted molar refractivity (Wildman–Crippen MR) is 78.2 cm³/mol. The van der Waals surface area contributed by atoms with Gasteiger partial charge in [0.1, 0.15) is 0 Å². The first-order valence-corrected chi connectivity index (χ1v) is 6.93. The lowest BCUT2D eigenvalue weighted by atomic mass is 10.1. The number of carbonyl (C=O) groups excluding carboxylic acids is 1. The molecule has 1 saturated heterocycles. The monoisotopic (exact) mass is 309 g/mol. The van der Waals surface area contributed by atoms with Crippen LogP contribution in [0, 0.1) is 0 Å². The van der Waals surface area contributed by atoms with Gasteiger partial charge in [-0.05, 0) is 30.5 Å². The van der Waals surface area contributed by atoms with E-state index in [0.717, 1.165) is 5.56 Å². The number of carboxylic acid groups (broad SMARTS) is 1. The number of carbonyl (C=O) groups is 2. The van der Waals surface area contributed by atoms with E-state index >= 15 is 0 Å². The van der Waals surface area contributed by atoms with Crippen molar-refractivity contribution < 1.29 is 19.4 Å². The largest absolute Gasteiger partial charge is 0.466 e. The van der Waals surface area contributed by atoms with Crippen molar-refractivity contribution in [3.63, 3.8) is 0 Å². The van der Waals surface area contributed by atoms with Gasteiger partial charge in [0.15, 0.2) is 0 Å². The van der Waals surface area contributed by atoms with E-state index in [0.29, 0.717) is 17.9 Å². The fraction of sp³-hybridized carbons (Fsp3) is 0.333. The highest BCUT2D eigenvalue weighted by molar-refractivity contribution is 6.30. The van der Waals surface area contributed by atoms with Gasteiger partial charge in [-0.3, -0.25) is 4.90 Å². The molecule has 6 heteroatoms. The Hall–Kier alpha value is -2.01. The molecule has 1 aromatic carbocycles. The molecule has 5 nitrogen and oxygen atoms in total. The van der Waals surface area contributed by atoms with Gasteiger partial charge in [0.25, 0.3) is 0 Å². The molecule has 21 heavy (non-hydrogen) atoms. The van der Waals surface area contributed by atoms with Crippen LogP contribution in [0.25, 0.3) is 0 Å². The number of benzene rings is 1. The average Bonchev–Trinajstić information content (AvgIpc) is 2.88. The number of nitrogens with zero attached hydrogens (tertiary/aromatic N) is 1. The molecule has 2 rings (SSSR count). The molecule has 1 N–H and O–H groups in total. The van der Waals surface area contributed by atoms with Crippen LogP contribution in [-0.2, 0) is 9.53 Å². The minimum atomic E-state index is -1.02. The summed E-state index contributed by atoms with van der Waals surface area (Å²) in [6, 6.07) is 6.58. The number of rotatable bonds is 3. The lowest BCUT2D eigenvalue weighted by molar-refractivity contribution is -0.134. The third-order valence-electron chi connectivity index (χ3n) is 3.54. The van der Waals surface area contributed by atoms with Crippen LogP contribution in [0.15, 0.2) is 36.4 Å². The molecule has 0 bridgehead atoms. The molecule has 1 fully saturated rings. The maximum absolute atomic E-state index is 11.5. The molecule has 0 saturated carbocycles. The Labute approximate surface area is 127 Å². The van der Waals surface area contributed by atoms with Crippen molar-refractivity contribution in [2.75, 3.05) is 7.11 Å². The van der Waals surface area contributed by atoms with Gasteiger partial charge in [0.05, 0.1) is 19.2 Å². The lowest BCUT2D eigenvalue weighted by Gasteiger charge is -2.26. The number of amides is 1. The second-order valence-corrected chi connectivity index (χ2v) is 5.22. The van der Waals surface area contributed by atoms with Crippen LogP contribution >= 0.6 is 11.6 Å². The van der Waals surface area contributed by atoms with Crippen LogP contribution in [0.2, 0.25) is 5.02 Å². The lowest BCUT2D eigenvalue weighted by Crippen LogP contribution is -2.35. The third kappa shape index (κ3) is 3.55. The zero-order valence-corrected chi connectivity index (χ0v) is 12.3. The topological polar surface area (TPSA) is 66.8 Å². The highest BCUT2D eigenvalue weighted by Gasteiger charge is 2.36. The summed E-state index contributed by atoms with van der Waals surface area (Å²) >= 11 is 5.97. The van der Waals surface area contributed by atoms with E-state index < -0.39 is 12.1 Å². The van der Waals surface area contributed by atoms with Crippen LogP contribution in [-0.4, -0.2) is 35.2 Å². The maximum Gasteiger partial charge on any atom is 0.408 e. The van der Waals surface area contributed by atoms with Crippen molar-refractivity contribution in [2.45, 2.75) is 24.9 Å². The SMILES string of the molecule is COC(=O)C=C[C@H]1CC[C@@H](c2cccc(Cl)c2)N1C(=O)O. The molecule has 1 amide bonds. The van der Waals surface area contributed by atoms with Crippen LogP contribution in [0.4, 0.5) is 4.79 Å². The summed E-state index contributed by atoms with van der Waals surface area (Å²) in [5.74, 6) is -0.494. The zero-order chi connectivity index (χ0) is 15.4. The van der Waals surface area contributed by atoms with Crippen LogP contribution in [0.1, 0.15) is 24.4 Å². The van der Waals surface area contributed by atoms with Gasteiger partial charge >= 0.3 is 12.1 Å². The van der Waals surface area contributed by atoms with Gasteiger partial charge in [-0.1, -0.05) is 29.8 Å². The molecule has 0 aromatic heterocycles. The number of halogens is 1. The fourth-order valence-electron chi connectivity index (χ4n) is 2.60. The minimum Gasteiger partial charge on any atom is -0.466 e. The molecule has 112 valence electrons. The van der Waals surface area contributed by atoms with Gasteiger partial charge in [0, 0.05) is 11.1 Å². The zero-order valence-electron chi connectivity index (χ0n) is 11.5. The van der Waals surface area contributed by atoms with E-state index in [1.54, 1.807) is 24.3 Å². The summed E-state index contributed by atoms with van der Waals surface area (Å²) in [4.78, 5) is 24.0. The maximum atomic E-state index is 11.5. The van der Waals surface area contributed by atoms with Crippen molar-refractivity contribution in [1.82, 2.24) is 4.90 Å². The van der Waals surface area contributed by atoms with Crippen molar-refractivity contribution in [1.29, 1.82) is 0 Å². The highest BCUT2D eigenvalue weighted by Crippen LogP contribution is 2.37. The van der Waals surface area contributed by atoms with E-state index in [1.165, 1.54) is 18.1 Å². The van der Waals surface area contributed by atoms with Crippen molar-refractivity contribution in [3.8, 4) is 0 Å². The van der Waals surface area contributed by atoms with Gasteiger partial charge in [-0.15, -0.1) is 0 Å². The van der Waals surface area contributed by atoms with E-state index in [2.05, 4.69) is 4.74 Å². The van der Waals surface area contributed by atoms with E-state index in [1.807, 2.05) is 6.07 Å². The Morgan fingerprint density at radius 3 is 2.81 bits per heavy atom. The van der Waals surface area contributed by atoms with Gasteiger partial charge in [0.2, 0.25) is 0 Å². The molecule has 0 radical (unpaired) electrons. The molecule has 0 unspecified atom stereocenters. The molecule has 0 aliphatic carbocycles. The fourth-order valence-corrected chi connectivity index (χ4v) is 2.80. The molecular weight excluding hydrogens is 294 g/mol. The van der Waals surface area contributed by atoms with Gasteiger partial charge < -0.3 is 9.84 Å². The number of methoxy groups -OCH3 is 1. The second kappa shape index (κ2) is 6.63. The summed E-state index contributed by atoms with van der Waals surface area (Å²) in [6.07, 6.45) is 3.16. The van der Waals surface area contributed by atoms with Gasteiger partial charge in [-0.25, -0.2) is 9.59 Å². The first kappa shape index (κ1) is 15.4. The summed E-state index contributed by atoms with van der Waals surface area (Å²) in [5, 5.41) is 10.0. The number of hydrogen-bond donors (Lipinski definition) is 1. The Morgan fingerprint density at radius 1 is 1.43 bits per heavy atom. The quantitative estimate of drug-likeness (QED) is 0.687. The minimum absolute atomic E-state index is 0.256. The molecular formula is C15H16ClNO4. The van der Waals surface area contributed by atoms with Crippen LogP contribution in [0.3, 0.4) is 0 Å². The first-order valence-electron chi connectivity index (χ1n) is 6.56. The predicted octanol–water partition coefficient (Wildman–Crippen LogP) is 3.25. The molecule has 1 aliphatic rings. The normalized spacial score (nSPS) is 21.7. The first-order chi connectivity index (χ1) is 10.0. The van der Waals surface area contributed by atoms with Crippen molar-refractivity contribution in [2.24, 2.45) is 0 Å². The van der Waals surface area contributed by atoms with Gasteiger partial charge in [-0.2, -0.15) is 0 Å². The summed E-state index contributed by atoms with van der Waals surface area (Å²) in [7, 11) is 1.28. The van der Waals surface area contributed by atoms with Crippen LogP contribution in [0.5, 0.6) is 0 Å². The summed E-state index contributed by atoms with van der Waals surface area (Å²) in [5.41, 5.74) is 0.860. The van der Waals surface area contributed by atoms with E-state index in [-0.39, 0.29) is 12.1 Å². The Balaban J connectivity index is 2.23. The molecule has 0 spiro atoms. The Morgan fingerprint density at radius 2 is 2.19 bits per heavy atom. The number of ether oxygens (including phenoxy) is 1. The smallest absolute Gasteiger partial charge is 0.408 e. The molecule has 1 aliphatic heterocycles. The highest BCUT2D eigenvalue weighted by atomic mass is 35.5. The standard InChI is InChI=1S/C15H16ClNO4/c1-21-14(18)8-6-12-5-7-13(17(12)15(19)20)10-3-2-4-11(16)9-10/h2-4,6,8-9,12-13H,5,7H2,1H3,(H,19,20)/t12-,13+/m1/s1. The second-order valence-electron chi connectivity index (χ2n) is 4.79. The number of hydrogen-bond acceptors (Lipinski definition) is 3. The van der Waals surface area contributed by atoms with E-state index in [4.69, 9.17) is 11.6 Å². The van der Waals surface area contributed by atoms with Crippen LogP contribution < -0.4 is 0 Å². The Bertz CT molecular complexity index is 573. The molecule has 1 heterocycles. The summed E-state index contributed by atoms with van der Waals surface area (Å²) < 4.78 is 4.52. The molecule has 2 atom stereocenters. The Kier molecular flexibility index (Phi) is 4.85. The number of esters is 1. The molecule has 1 aromatic rings. The third-order valence-corrected chi connectivity index (χ3v) is 3.77. The summed E-state index contributed by atoms with van der Waals surface area (Å²) in [6.45, 7) is 0. The van der Waals surface area contributed by atoms with Crippen molar-refractivity contribution in [3.05, 3.63) is 47.0 Å². The number of likely N-dealkylation sites (tertiary alicyclic amines) is 1.